The first-order valence-electron chi connectivity index (χ1n) is 6.01. The highest BCUT2D eigenvalue weighted by molar-refractivity contribution is 5.83. The molecule has 0 radical (unpaired) electrons. The second-order valence-corrected chi connectivity index (χ2v) is 4.17. The van der Waals surface area contributed by atoms with E-state index in [4.69, 9.17) is 15.9 Å². The number of aliphatic hydroxyl groups is 1. The Balaban J connectivity index is 2.47. The molecule has 0 saturated heterocycles. The number of amides is 1. The number of carboxylic acids is 1. The number of benzene rings is 1. The Labute approximate surface area is 111 Å². The third kappa shape index (κ3) is 4.97. The van der Waals surface area contributed by atoms with Crippen molar-refractivity contribution in [3.63, 3.8) is 0 Å². The highest BCUT2D eigenvalue weighted by Gasteiger charge is 2.18. The van der Waals surface area contributed by atoms with Gasteiger partial charge in [0.15, 0.2) is 0 Å². The van der Waals surface area contributed by atoms with Gasteiger partial charge in [0, 0.05) is 25.1 Å². The van der Waals surface area contributed by atoms with E-state index in [1.807, 2.05) is 12.1 Å². The van der Waals surface area contributed by atoms with Crippen molar-refractivity contribution in [2.45, 2.75) is 25.3 Å². The zero-order valence-electron chi connectivity index (χ0n) is 10.5. The molecule has 104 valence electrons. The summed E-state index contributed by atoms with van der Waals surface area (Å²) < 4.78 is 0. The first-order chi connectivity index (χ1) is 9.04. The van der Waals surface area contributed by atoms with Crippen LogP contribution in [0, 0.1) is 0 Å². The maximum absolute atomic E-state index is 11.6. The summed E-state index contributed by atoms with van der Waals surface area (Å²) >= 11 is 0. The molecule has 0 aliphatic carbocycles. The fourth-order valence-corrected chi connectivity index (χ4v) is 1.66. The predicted octanol–water partition coefficient (Wildman–Crippen LogP) is 0.153. The van der Waals surface area contributed by atoms with Crippen LogP contribution in [0.4, 0.5) is 5.69 Å². The van der Waals surface area contributed by atoms with Crippen LogP contribution in [0.25, 0.3) is 0 Å². The van der Waals surface area contributed by atoms with E-state index < -0.39 is 12.0 Å². The number of carbonyl (C=O) groups excluding carboxylic acids is 1. The molecular formula is C13H18N2O4. The van der Waals surface area contributed by atoms with Gasteiger partial charge in [-0.3, -0.25) is 4.79 Å². The minimum atomic E-state index is -1.15. The standard InChI is InChI=1S/C13H18N2O4/c14-10-4-2-1-3-9(10)5-6-12(17)15-11(7-8-16)13(18)19/h1-4,11,16H,5-8,14H2,(H,15,17)(H,18,19)/t11-/m0/s1. The van der Waals surface area contributed by atoms with Crippen LogP contribution in [0.3, 0.4) is 0 Å². The van der Waals surface area contributed by atoms with E-state index in [1.165, 1.54) is 0 Å². The maximum Gasteiger partial charge on any atom is 0.326 e. The fourth-order valence-electron chi connectivity index (χ4n) is 1.66. The topological polar surface area (TPSA) is 113 Å². The number of aryl methyl sites for hydroxylation is 1. The number of hydrogen-bond donors (Lipinski definition) is 4. The number of rotatable bonds is 7. The van der Waals surface area contributed by atoms with E-state index in [0.29, 0.717) is 12.1 Å². The van der Waals surface area contributed by atoms with Gasteiger partial charge < -0.3 is 21.3 Å². The molecule has 0 spiro atoms. The number of aliphatic hydroxyl groups excluding tert-OH is 1. The van der Waals surface area contributed by atoms with Gasteiger partial charge in [-0.1, -0.05) is 18.2 Å². The van der Waals surface area contributed by atoms with Crippen molar-refractivity contribution in [3.8, 4) is 0 Å². The molecule has 19 heavy (non-hydrogen) atoms. The van der Waals surface area contributed by atoms with E-state index in [-0.39, 0.29) is 25.4 Å². The van der Waals surface area contributed by atoms with Crippen molar-refractivity contribution in [3.05, 3.63) is 29.8 Å². The highest BCUT2D eigenvalue weighted by atomic mass is 16.4. The summed E-state index contributed by atoms with van der Waals surface area (Å²) in [4.78, 5) is 22.4. The molecule has 1 aromatic carbocycles. The summed E-state index contributed by atoms with van der Waals surface area (Å²) in [5, 5.41) is 19.9. The summed E-state index contributed by atoms with van der Waals surface area (Å²) in [6.45, 7) is -0.289. The Morgan fingerprint density at radius 1 is 1.32 bits per heavy atom. The predicted molar refractivity (Wildman–Crippen MR) is 70.4 cm³/mol. The normalized spacial score (nSPS) is 11.8. The number of nitrogens with two attached hydrogens (primary N) is 1. The zero-order valence-corrected chi connectivity index (χ0v) is 10.5. The van der Waals surface area contributed by atoms with Crippen molar-refractivity contribution < 1.29 is 19.8 Å². The van der Waals surface area contributed by atoms with Gasteiger partial charge in [-0.2, -0.15) is 0 Å². The van der Waals surface area contributed by atoms with Gasteiger partial charge in [-0.25, -0.2) is 4.79 Å². The van der Waals surface area contributed by atoms with Gasteiger partial charge in [0.25, 0.3) is 0 Å². The third-order valence-electron chi connectivity index (χ3n) is 2.73. The molecule has 0 aromatic heterocycles. The molecule has 1 amide bonds. The van der Waals surface area contributed by atoms with Gasteiger partial charge in [0.05, 0.1) is 0 Å². The van der Waals surface area contributed by atoms with E-state index in [2.05, 4.69) is 5.32 Å². The Bertz CT molecular complexity index is 448. The molecule has 0 saturated carbocycles. The Morgan fingerprint density at radius 2 is 2.00 bits per heavy atom. The minimum Gasteiger partial charge on any atom is -0.480 e. The van der Waals surface area contributed by atoms with Crippen LogP contribution in [0.1, 0.15) is 18.4 Å². The molecule has 5 N–H and O–H groups in total. The summed E-state index contributed by atoms with van der Waals surface area (Å²) in [6, 6.07) is 6.16. The fraction of sp³-hybridized carbons (Fsp3) is 0.385. The molecule has 6 nitrogen and oxygen atoms in total. The quantitative estimate of drug-likeness (QED) is 0.525. The molecule has 6 heteroatoms. The van der Waals surface area contributed by atoms with Crippen LogP contribution in [0.2, 0.25) is 0 Å². The second-order valence-electron chi connectivity index (χ2n) is 4.17. The van der Waals surface area contributed by atoms with Crippen molar-refractivity contribution in [1.29, 1.82) is 0 Å². The smallest absolute Gasteiger partial charge is 0.326 e. The maximum atomic E-state index is 11.6. The number of carboxylic acid groups (broad SMARTS) is 1. The molecule has 0 bridgehead atoms. The largest absolute Gasteiger partial charge is 0.480 e. The molecule has 1 atom stereocenters. The van der Waals surface area contributed by atoms with E-state index in [1.54, 1.807) is 12.1 Å². The lowest BCUT2D eigenvalue weighted by molar-refractivity contribution is -0.142. The van der Waals surface area contributed by atoms with E-state index >= 15 is 0 Å². The minimum absolute atomic E-state index is 0.00541. The lowest BCUT2D eigenvalue weighted by Gasteiger charge is -2.13. The van der Waals surface area contributed by atoms with Crippen LogP contribution in [-0.4, -0.2) is 34.7 Å². The summed E-state index contributed by atoms with van der Waals surface area (Å²) in [7, 11) is 0. The van der Waals surface area contributed by atoms with Gasteiger partial charge >= 0.3 is 5.97 Å². The number of para-hydroxylation sites is 1. The summed E-state index contributed by atoms with van der Waals surface area (Å²) in [5.74, 6) is -1.52. The number of hydrogen-bond acceptors (Lipinski definition) is 4. The van der Waals surface area contributed by atoms with Crippen LogP contribution in [0.5, 0.6) is 0 Å². The van der Waals surface area contributed by atoms with E-state index in [0.717, 1.165) is 5.56 Å². The van der Waals surface area contributed by atoms with Crippen LogP contribution < -0.4 is 11.1 Å². The van der Waals surface area contributed by atoms with Crippen molar-refractivity contribution >= 4 is 17.6 Å². The average molecular weight is 266 g/mol. The molecule has 1 rings (SSSR count). The van der Waals surface area contributed by atoms with Gasteiger partial charge in [-0.15, -0.1) is 0 Å². The van der Waals surface area contributed by atoms with Gasteiger partial charge in [0.1, 0.15) is 6.04 Å². The Hall–Kier alpha value is -2.08. The molecule has 0 aliphatic rings. The Morgan fingerprint density at radius 3 is 2.58 bits per heavy atom. The van der Waals surface area contributed by atoms with Crippen molar-refractivity contribution in [2.24, 2.45) is 0 Å². The van der Waals surface area contributed by atoms with Crippen LogP contribution in [0.15, 0.2) is 24.3 Å². The monoisotopic (exact) mass is 266 g/mol. The zero-order chi connectivity index (χ0) is 14.3. The molecule has 0 heterocycles. The molecule has 0 fully saturated rings. The first kappa shape index (κ1) is 15.0. The van der Waals surface area contributed by atoms with Crippen molar-refractivity contribution in [2.75, 3.05) is 12.3 Å². The second kappa shape index (κ2) is 7.38. The number of nitrogen functional groups attached to an aromatic ring is 1. The molecule has 0 aliphatic heterocycles. The van der Waals surface area contributed by atoms with Crippen LogP contribution in [-0.2, 0) is 16.0 Å². The highest BCUT2D eigenvalue weighted by Crippen LogP contribution is 2.12. The third-order valence-corrected chi connectivity index (χ3v) is 2.73. The van der Waals surface area contributed by atoms with Gasteiger partial charge in [0.2, 0.25) is 5.91 Å². The number of carbonyl (C=O) groups is 2. The first-order valence-corrected chi connectivity index (χ1v) is 6.01. The lowest BCUT2D eigenvalue weighted by atomic mass is 10.1. The number of nitrogens with one attached hydrogen (secondary N) is 1. The van der Waals surface area contributed by atoms with Crippen LogP contribution >= 0.6 is 0 Å². The molecule has 1 aromatic rings. The number of aliphatic carboxylic acids is 1. The average Bonchev–Trinajstić information content (AvgIpc) is 2.37. The Kier molecular flexibility index (Phi) is 5.81. The molecular weight excluding hydrogens is 248 g/mol. The van der Waals surface area contributed by atoms with Crippen molar-refractivity contribution in [1.82, 2.24) is 5.32 Å². The van der Waals surface area contributed by atoms with Gasteiger partial charge in [-0.05, 0) is 18.1 Å². The lowest BCUT2D eigenvalue weighted by Crippen LogP contribution is -2.41. The summed E-state index contributed by atoms with van der Waals surface area (Å²) in [5.41, 5.74) is 7.21. The van der Waals surface area contributed by atoms with E-state index in [9.17, 15) is 9.59 Å². The summed E-state index contributed by atoms with van der Waals surface area (Å²) in [6.07, 6.45) is 0.599. The molecule has 0 unspecified atom stereocenters. The SMILES string of the molecule is Nc1ccccc1CCC(=O)N[C@@H](CCO)C(=O)O. The number of anilines is 1.